The van der Waals surface area contributed by atoms with Gasteiger partial charge in [-0.15, -0.1) is 0 Å². The van der Waals surface area contributed by atoms with Crippen molar-refractivity contribution in [1.29, 1.82) is 0 Å². The molecule has 2 aromatic carbocycles. The summed E-state index contributed by atoms with van der Waals surface area (Å²) >= 11 is 0. The number of hydrogen-bond donors (Lipinski definition) is 1. The van der Waals surface area contributed by atoms with E-state index >= 15 is 0 Å². The fourth-order valence-electron chi connectivity index (χ4n) is 1.91. The Morgan fingerprint density at radius 2 is 1.79 bits per heavy atom. The molecule has 0 bridgehead atoms. The Hall–Kier alpha value is -1.87. The molecule has 0 saturated heterocycles. The van der Waals surface area contributed by atoms with Crippen molar-refractivity contribution in [2.75, 3.05) is 7.05 Å². The van der Waals surface area contributed by atoms with Gasteiger partial charge in [0.2, 0.25) is 0 Å². The number of aryl methyl sites for hydroxylation is 2. The van der Waals surface area contributed by atoms with Gasteiger partial charge in [0.1, 0.15) is 17.3 Å². The molecule has 0 aliphatic rings. The summed E-state index contributed by atoms with van der Waals surface area (Å²) in [6, 6.07) is 10.7. The van der Waals surface area contributed by atoms with Gasteiger partial charge >= 0.3 is 0 Å². The van der Waals surface area contributed by atoms with Crippen LogP contribution in [0.2, 0.25) is 0 Å². The van der Waals surface area contributed by atoms with E-state index in [0.717, 1.165) is 29.0 Å². The molecule has 2 nitrogen and oxygen atoms in total. The molecular formula is C16H18FNO. The van der Waals surface area contributed by atoms with Crippen molar-refractivity contribution in [3.8, 4) is 11.5 Å². The largest absolute Gasteiger partial charge is 0.457 e. The molecule has 0 unspecified atom stereocenters. The second-order valence-electron chi connectivity index (χ2n) is 4.64. The number of benzene rings is 2. The average molecular weight is 259 g/mol. The minimum absolute atomic E-state index is 0.245. The molecular weight excluding hydrogens is 241 g/mol. The van der Waals surface area contributed by atoms with Crippen LogP contribution >= 0.6 is 0 Å². The van der Waals surface area contributed by atoms with Crippen molar-refractivity contribution in [3.63, 3.8) is 0 Å². The molecule has 0 amide bonds. The Kier molecular flexibility index (Phi) is 4.17. The molecule has 2 rings (SSSR count). The maximum atomic E-state index is 13.1. The molecule has 3 heteroatoms. The highest BCUT2D eigenvalue weighted by molar-refractivity contribution is 5.42. The van der Waals surface area contributed by atoms with E-state index in [9.17, 15) is 4.39 Å². The molecule has 0 aromatic heterocycles. The minimum atomic E-state index is -0.245. The first-order valence-corrected chi connectivity index (χ1v) is 6.28. The molecule has 0 aliphatic heterocycles. The number of nitrogens with one attached hydrogen (secondary N) is 1. The summed E-state index contributed by atoms with van der Waals surface area (Å²) in [7, 11) is 1.91. The lowest BCUT2D eigenvalue weighted by atomic mass is 10.1. The van der Waals surface area contributed by atoms with Gasteiger partial charge in [0.15, 0.2) is 0 Å². The zero-order chi connectivity index (χ0) is 13.8. The fourth-order valence-corrected chi connectivity index (χ4v) is 1.91. The number of rotatable bonds is 4. The van der Waals surface area contributed by atoms with Gasteiger partial charge in [-0.25, -0.2) is 4.39 Å². The Morgan fingerprint density at radius 3 is 2.47 bits per heavy atom. The van der Waals surface area contributed by atoms with Crippen LogP contribution in [0.5, 0.6) is 11.5 Å². The van der Waals surface area contributed by atoms with Crippen LogP contribution in [0, 0.1) is 19.7 Å². The highest BCUT2D eigenvalue weighted by Crippen LogP contribution is 2.28. The Balaban J connectivity index is 2.29. The van der Waals surface area contributed by atoms with Crippen LogP contribution in [-0.2, 0) is 6.54 Å². The fraction of sp³-hybridized carbons (Fsp3) is 0.250. The van der Waals surface area contributed by atoms with Crippen LogP contribution in [0.15, 0.2) is 36.4 Å². The molecule has 1 N–H and O–H groups in total. The summed E-state index contributed by atoms with van der Waals surface area (Å²) in [6.07, 6.45) is 0. The third kappa shape index (κ3) is 3.32. The minimum Gasteiger partial charge on any atom is -0.457 e. The summed E-state index contributed by atoms with van der Waals surface area (Å²) < 4.78 is 19.0. The quantitative estimate of drug-likeness (QED) is 0.897. The van der Waals surface area contributed by atoms with E-state index in [2.05, 4.69) is 11.4 Å². The number of ether oxygens (including phenoxy) is 1. The maximum absolute atomic E-state index is 13.1. The van der Waals surface area contributed by atoms with Crippen LogP contribution < -0.4 is 10.1 Å². The lowest BCUT2D eigenvalue weighted by Crippen LogP contribution is -2.05. The van der Waals surface area contributed by atoms with Gasteiger partial charge < -0.3 is 10.1 Å². The molecule has 0 radical (unpaired) electrons. The molecule has 0 spiro atoms. The second-order valence-corrected chi connectivity index (χ2v) is 4.64. The van der Waals surface area contributed by atoms with Gasteiger partial charge in [-0.2, -0.15) is 0 Å². The van der Waals surface area contributed by atoms with Crippen molar-refractivity contribution in [1.82, 2.24) is 5.32 Å². The normalized spacial score (nSPS) is 10.5. The third-order valence-electron chi connectivity index (χ3n) is 2.99. The van der Waals surface area contributed by atoms with E-state index in [4.69, 9.17) is 4.74 Å². The number of hydrogen-bond acceptors (Lipinski definition) is 2. The monoisotopic (exact) mass is 259 g/mol. The van der Waals surface area contributed by atoms with Crippen molar-refractivity contribution in [3.05, 3.63) is 58.9 Å². The van der Waals surface area contributed by atoms with Crippen LogP contribution in [-0.4, -0.2) is 7.05 Å². The molecule has 0 fully saturated rings. The Bertz CT molecular complexity index is 581. The molecule has 0 saturated carbocycles. The van der Waals surface area contributed by atoms with E-state index in [1.807, 2.05) is 33.0 Å². The lowest BCUT2D eigenvalue weighted by molar-refractivity contribution is 0.472. The lowest BCUT2D eigenvalue weighted by Gasteiger charge is -2.12. The molecule has 19 heavy (non-hydrogen) atoms. The topological polar surface area (TPSA) is 21.3 Å². The van der Waals surface area contributed by atoms with Crippen molar-refractivity contribution >= 4 is 0 Å². The second kappa shape index (κ2) is 5.85. The summed E-state index contributed by atoms with van der Waals surface area (Å²) in [5, 5.41) is 3.11. The van der Waals surface area contributed by atoms with E-state index in [1.54, 1.807) is 6.07 Å². The smallest absolute Gasteiger partial charge is 0.130 e. The number of halogens is 1. The average Bonchev–Trinajstić information content (AvgIpc) is 2.37. The van der Waals surface area contributed by atoms with E-state index < -0.39 is 0 Å². The highest BCUT2D eigenvalue weighted by Gasteiger charge is 2.06. The standard InChI is InChI=1S/C16H18FNO/c1-11-4-5-13(10-18-3)9-16(11)19-15-7-6-14(17)8-12(15)2/h4-9,18H,10H2,1-3H3. The van der Waals surface area contributed by atoms with Gasteiger partial charge in [0, 0.05) is 6.54 Å². The predicted octanol–water partition coefficient (Wildman–Crippen LogP) is 3.95. The van der Waals surface area contributed by atoms with Gasteiger partial charge in [0.05, 0.1) is 0 Å². The Labute approximate surface area is 113 Å². The van der Waals surface area contributed by atoms with Crippen LogP contribution in [0.3, 0.4) is 0 Å². The van der Waals surface area contributed by atoms with Gasteiger partial charge in [-0.3, -0.25) is 0 Å². The van der Waals surface area contributed by atoms with Crippen molar-refractivity contribution in [2.24, 2.45) is 0 Å². The summed E-state index contributed by atoms with van der Waals surface area (Å²) in [5.74, 6) is 1.25. The van der Waals surface area contributed by atoms with E-state index in [1.165, 1.54) is 12.1 Å². The van der Waals surface area contributed by atoms with Gasteiger partial charge in [-0.1, -0.05) is 12.1 Å². The first-order valence-electron chi connectivity index (χ1n) is 6.28. The molecule has 0 atom stereocenters. The van der Waals surface area contributed by atoms with Crippen LogP contribution in [0.4, 0.5) is 4.39 Å². The first kappa shape index (κ1) is 13.6. The maximum Gasteiger partial charge on any atom is 0.130 e. The predicted molar refractivity (Wildman–Crippen MR) is 75.2 cm³/mol. The summed E-state index contributed by atoms with van der Waals surface area (Å²) in [4.78, 5) is 0. The summed E-state index contributed by atoms with van der Waals surface area (Å²) in [5.41, 5.74) is 3.00. The van der Waals surface area contributed by atoms with Crippen LogP contribution in [0.1, 0.15) is 16.7 Å². The van der Waals surface area contributed by atoms with Gasteiger partial charge in [-0.05, 0) is 61.9 Å². The van der Waals surface area contributed by atoms with E-state index in [0.29, 0.717) is 5.75 Å². The van der Waals surface area contributed by atoms with Crippen LogP contribution in [0.25, 0.3) is 0 Å². The molecule has 2 aromatic rings. The zero-order valence-corrected chi connectivity index (χ0v) is 11.5. The Morgan fingerprint density at radius 1 is 1.00 bits per heavy atom. The molecule has 0 heterocycles. The SMILES string of the molecule is CNCc1ccc(C)c(Oc2ccc(F)cc2C)c1. The highest BCUT2D eigenvalue weighted by atomic mass is 19.1. The van der Waals surface area contributed by atoms with Crippen molar-refractivity contribution in [2.45, 2.75) is 20.4 Å². The first-order chi connectivity index (χ1) is 9.10. The van der Waals surface area contributed by atoms with Gasteiger partial charge in [0.25, 0.3) is 0 Å². The molecule has 100 valence electrons. The third-order valence-corrected chi connectivity index (χ3v) is 2.99. The summed E-state index contributed by atoms with van der Waals surface area (Å²) in [6.45, 7) is 4.63. The molecule has 0 aliphatic carbocycles. The zero-order valence-electron chi connectivity index (χ0n) is 11.5. The van der Waals surface area contributed by atoms with E-state index in [-0.39, 0.29) is 5.82 Å². The van der Waals surface area contributed by atoms with Crippen molar-refractivity contribution < 1.29 is 9.13 Å².